The summed E-state index contributed by atoms with van der Waals surface area (Å²) >= 11 is 0. The fourth-order valence-electron chi connectivity index (χ4n) is 1.42. The van der Waals surface area contributed by atoms with Crippen LogP contribution in [0.1, 0.15) is 33.6 Å². The van der Waals surface area contributed by atoms with Crippen LogP contribution in [0.5, 0.6) is 0 Å². The molecule has 0 heterocycles. The molecule has 0 radical (unpaired) electrons. The second-order valence-electron chi connectivity index (χ2n) is 3.74. The third-order valence-corrected chi connectivity index (χ3v) is 2.44. The van der Waals surface area contributed by atoms with Crippen LogP contribution in [0.2, 0.25) is 0 Å². The largest absolute Gasteiger partial charge is 0.395 e. The maximum absolute atomic E-state index is 9.62. The quantitative estimate of drug-likeness (QED) is 0.427. The Morgan fingerprint density at radius 2 is 2.00 bits per heavy atom. The minimum Gasteiger partial charge on any atom is -0.395 e. The van der Waals surface area contributed by atoms with Gasteiger partial charge >= 0.3 is 0 Å². The Bertz CT molecular complexity index is 142. The summed E-state index contributed by atoms with van der Waals surface area (Å²) in [4.78, 5) is 0. The zero-order valence-electron chi connectivity index (χ0n) is 8.82. The summed E-state index contributed by atoms with van der Waals surface area (Å²) in [6.07, 6.45) is 1.64. The molecule has 4 N–H and O–H groups in total. The lowest BCUT2D eigenvalue weighted by Gasteiger charge is -2.39. The first-order valence-electron chi connectivity index (χ1n) is 4.85. The highest BCUT2D eigenvalue weighted by Gasteiger charge is 2.33. The summed E-state index contributed by atoms with van der Waals surface area (Å²) in [5, 5.41) is 19.4. The van der Waals surface area contributed by atoms with Crippen LogP contribution in [-0.4, -0.2) is 34.2 Å². The Labute approximate surface area is 80.3 Å². The molecule has 80 valence electrons. The molecule has 0 aliphatic heterocycles. The molecular formula is C9H22N2O2. The number of nitrogens with two attached hydrogens (primary N) is 1. The first-order chi connectivity index (χ1) is 5.99. The van der Waals surface area contributed by atoms with Gasteiger partial charge in [-0.15, -0.1) is 0 Å². The number of aliphatic hydroxyl groups excluding tert-OH is 1. The van der Waals surface area contributed by atoms with E-state index in [2.05, 4.69) is 0 Å². The summed E-state index contributed by atoms with van der Waals surface area (Å²) in [5.74, 6) is 0.156. The van der Waals surface area contributed by atoms with E-state index in [4.69, 9.17) is 10.8 Å². The van der Waals surface area contributed by atoms with E-state index >= 15 is 0 Å². The Hall–Kier alpha value is -0.160. The van der Waals surface area contributed by atoms with Crippen molar-refractivity contribution in [1.82, 2.24) is 5.06 Å². The van der Waals surface area contributed by atoms with Gasteiger partial charge in [0.05, 0.1) is 12.3 Å². The second-order valence-corrected chi connectivity index (χ2v) is 3.74. The van der Waals surface area contributed by atoms with Crippen LogP contribution >= 0.6 is 0 Å². The summed E-state index contributed by atoms with van der Waals surface area (Å²) in [6, 6.07) is 0. The molecule has 4 nitrogen and oxygen atoms in total. The molecule has 0 saturated carbocycles. The third kappa shape index (κ3) is 3.23. The first-order valence-corrected chi connectivity index (χ1v) is 4.85. The number of hydrogen-bond acceptors (Lipinski definition) is 4. The van der Waals surface area contributed by atoms with Gasteiger partial charge in [-0.25, -0.2) is 0 Å². The van der Waals surface area contributed by atoms with Crippen LogP contribution in [0.4, 0.5) is 0 Å². The average Bonchev–Trinajstić information content (AvgIpc) is 2.04. The molecule has 0 fully saturated rings. The Morgan fingerprint density at radius 3 is 2.31 bits per heavy atom. The van der Waals surface area contributed by atoms with Gasteiger partial charge in [-0.1, -0.05) is 27.2 Å². The maximum Gasteiger partial charge on any atom is 0.0949 e. The third-order valence-electron chi connectivity index (χ3n) is 2.44. The van der Waals surface area contributed by atoms with Crippen molar-refractivity contribution in [2.24, 2.45) is 11.7 Å². The molecule has 0 amide bonds. The molecule has 0 aromatic rings. The van der Waals surface area contributed by atoms with Gasteiger partial charge in [0.1, 0.15) is 0 Å². The van der Waals surface area contributed by atoms with Crippen molar-refractivity contribution in [3.63, 3.8) is 0 Å². The topological polar surface area (TPSA) is 69.7 Å². The van der Waals surface area contributed by atoms with Crippen molar-refractivity contribution in [2.75, 3.05) is 13.2 Å². The monoisotopic (exact) mass is 190 g/mol. The molecule has 0 saturated heterocycles. The van der Waals surface area contributed by atoms with Crippen LogP contribution in [0.25, 0.3) is 0 Å². The van der Waals surface area contributed by atoms with Crippen molar-refractivity contribution >= 4 is 0 Å². The minimum atomic E-state index is -0.711. The lowest BCUT2D eigenvalue weighted by atomic mass is 9.91. The molecule has 0 aliphatic rings. The summed E-state index contributed by atoms with van der Waals surface area (Å²) < 4.78 is 0. The van der Waals surface area contributed by atoms with Crippen molar-refractivity contribution in [1.29, 1.82) is 0 Å². The van der Waals surface area contributed by atoms with E-state index in [1.54, 1.807) is 0 Å². The standard InChI is InChI=1S/C9H22N2O2/c1-4-5-9(10,8(2)3)11(13)6-7-12/h8,12-13H,4-7,10H2,1-3H3. The number of hydroxylamine groups is 2. The highest BCUT2D eigenvalue weighted by molar-refractivity contribution is 4.83. The molecule has 13 heavy (non-hydrogen) atoms. The summed E-state index contributed by atoms with van der Waals surface area (Å²) in [6.45, 7) is 6.09. The zero-order chi connectivity index (χ0) is 10.5. The minimum absolute atomic E-state index is 0.0775. The van der Waals surface area contributed by atoms with Crippen LogP contribution in [0.15, 0.2) is 0 Å². The molecular weight excluding hydrogens is 168 g/mol. The van der Waals surface area contributed by atoms with Gasteiger partial charge < -0.3 is 16.0 Å². The summed E-state index contributed by atoms with van der Waals surface area (Å²) in [5.41, 5.74) is 5.33. The smallest absolute Gasteiger partial charge is 0.0949 e. The van der Waals surface area contributed by atoms with Crippen molar-refractivity contribution in [3.05, 3.63) is 0 Å². The SMILES string of the molecule is CCCC(N)(C(C)C)N(O)CCO. The number of rotatable bonds is 6. The lowest BCUT2D eigenvalue weighted by Crippen LogP contribution is -2.59. The molecule has 0 aromatic carbocycles. The molecule has 0 bridgehead atoms. The van der Waals surface area contributed by atoms with Gasteiger partial charge in [0.15, 0.2) is 0 Å². The van der Waals surface area contributed by atoms with Crippen molar-refractivity contribution < 1.29 is 10.3 Å². The Balaban J connectivity index is 4.37. The van der Waals surface area contributed by atoms with E-state index in [1.165, 1.54) is 0 Å². The summed E-state index contributed by atoms with van der Waals surface area (Å²) in [7, 11) is 0. The second kappa shape index (κ2) is 5.54. The first kappa shape index (κ1) is 12.8. The molecule has 0 rings (SSSR count). The Morgan fingerprint density at radius 1 is 1.46 bits per heavy atom. The van der Waals surface area contributed by atoms with Gasteiger partial charge in [0, 0.05) is 6.54 Å². The molecule has 0 aliphatic carbocycles. The maximum atomic E-state index is 9.62. The highest BCUT2D eigenvalue weighted by Crippen LogP contribution is 2.22. The number of aliphatic hydroxyl groups is 1. The van der Waals surface area contributed by atoms with E-state index in [0.29, 0.717) is 0 Å². The van der Waals surface area contributed by atoms with Gasteiger partial charge in [0.25, 0.3) is 0 Å². The van der Waals surface area contributed by atoms with E-state index in [1.807, 2.05) is 20.8 Å². The van der Waals surface area contributed by atoms with E-state index < -0.39 is 5.66 Å². The number of nitrogens with zero attached hydrogens (tertiary/aromatic N) is 1. The number of hydrogen-bond donors (Lipinski definition) is 3. The highest BCUT2D eigenvalue weighted by atomic mass is 16.5. The lowest BCUT2D eigenvalue weighted by molar-refractivity contribution is -0.195. The molecule has 0 aromatic heterocycles. The van der Waals surface area contributed by atoms with Gasteiger partial charge in [0.2, 0.25) is 0 Å². The molecule has 1 atom stereocenters. The normalized spacial score (nSPS) is 16.6. The van der Waals surface area contributed by atoms with Crippen molar-refractivity contribution in [3.8, 4) is 0 Å². The fraction of sp³-hybridized carbons (Fsp3) is 1.00. The molecule has 4 heteroatoms. The van der Waals surface area contributed by atoms with Crippen LogP contribution in [0, 0.1) is 5.92 Å². The predicted molar refractivity (Wildman–Crippen MR) is 52.2 cm³/mol. The van der Waals surface area contributed by atoms with E-state index in [-0.39, 0.29) is 19.1 Å². The zero-order valence-corrected chi connectivity index (χ0v) is 8.82. The Kier molecular flexibility index (Phi) is 5.48. The van der Waals surface area contributed by atoms with Crippen molar-refractivity contribution in [2.45, 2.75) is 39.3 Å². The van der Waals surface area contributed by atoms with E-state index in [9.17, 15) is 5.21 Å². The average molecular weight is 190 g/mol. The van der Waals surface area contributed by atoms with Gasteiger partial charge in [-0.2, -0.15) is 5.06 Å². The van der Waals surface area contributed by atoms with Crippen LogP contribution < -0.4 is 5.73 Å². The molecule has 0 spiro atoms. The van der Waals surface area contributed by atoms with Crippen LogP contribution in [-0.2, 0) is 0 Å². The van der Waals surface area contributed by atoms with Crippen LogP contribution in [0.3, 0.4) is 0 Å². The fourth-order valence-corrected chi connectivity index (χ4v) is 1.42. The van der Waals surface area contributed by atoms with Gasteiger partial charge in [-0.3, -0.25) is 0 Å². The molecule has 1 unspecified atom stereocenters. The van der Waals surface area contributed by atoms with Gasteiger partial charge in [-0.05, 0) is 12.3 Å². The predicted octanol–water partition coefficient (Wildman–Crippen LogP) is 0.781. The van der Waals surface area contributed by atoms with E-state index in [0.717, 1.165) is 17.9 Å².